The third kappa shape index (κ3) is 3.38. The number of nitrogens with one attached hydrogen (secondary N) is 3. The molecular formula is C15H19N7O3. The highest BCUT2D eigenvalue weighted by molar-refractivity contribution is 6.10. The lowest BCUT2D eigenvalue weighted by Gasteiger charge is -2.42. The molecule has 3 rings (SSSR count). The Balaban J connectivity index is 1.69. The van der Waals surface area contributed by atoms with E-state index in [1.54, 1.807) is 24.3 Å². The molecule has 2 heterocycles. The van der Waals surface area contributed by atoms with Gasteiger partial charge >= 0.3 is 0 Å². The van der Waals surface area contributed by atoms with Crippen molar-refractivity contribution < 1.29 is 14.4 Å². The molecule has 3 amide bonds. The topological polar surface area (TPSA) is 155 Å². The van der Waals surface area contributed by atoms with Gasteiger partial charge < -0.3 is 26.6 Å². The fraction of sp³-hybridized carbons (Fsp3) is 0.333. The summed E-state index contributed by atoms with van der Waals surface area (Å²) in [6.45, 7) is 0.727. The third-order valence-electron chi connectivity index (χ3n) is 4.13. The minimum Gasteiger partial charge on any atom is -0.383 e. The second-order valence-electron chi connectivity index (χ2n) is 5.79. The van der Waals surface area contributed by atoms with E-state index in [2.05, 4.69) is 20.9 Å². The molecule has 2 aliphatic heterocycles. The highest BCUT2D eigenvalue weighted by atomic mass is 16.2. The van der Waals surface area contributed by atoms with Crippen LogP contribution in [-0.2, 0) is 9.59 Å². The number of hydrogen-bond acceptors (Lipinski definition) is 7. The molecule has 0 aromatic heterocycles. The average Bonchev–Trinajstić information content (AvgIpc) is 2.59. The number of hydrogen-bond donors (Lipinski definition) is 5. The molecule has 2 unspecified atom stereocenters. The zero-order valence-corrected chi connectivity index (χ0v) is 13.3. The van der Waals surface area contributed by atoms with Gasteiger partial charge in [-0.2, -0.15) is 0 Å². The first kappa shape index (κ1) is 16.7. The van der Waals surface area contributed by atoms with E-state index < -0.39 is 18.2 Å². The van der Waals surface area contributed by atoms with E-state index in [4.69, 9.17) is 11.5 Å². The number of nitrogens with two attached hydrogens (primary N) is 2. The molecule has 0 radical (unpaired) electrons. The molecule has 0 spiro atoms. The standard InChI is InChI=1S/C15H19N7O3/c16-12(24)8-1-3-9(4-2-8)18-5-10-6-19-13-11(22(10)7-23)14(25)21-15(17)20-13/h1-4,7,10-11,15,18H,5-6,17H2,(H2,16,24)(H,19,20)(H,21,25)/t10-,11?,15?/m0/s1. The quantitative estimate of drug-likeness (QED) is 0.380. The van der Waals surface area contributed by atoms with Crippen molar-refractivity contribution in [3.05, 3.63) is 29.8 Å². The predicted molar refractivity (Wildman–Crippen MR) is 90.5 cm³/mol. The van der Waals surface area contributed by atoms with Crippen molar-refractivity contribution in [3.63, 3.8) is 0 Å². The smallest absolute Gasteiger partial charge is 0.253 e. The third-order valence-corrected chi connectivity index (χ3v) is 4.13. The number of fused-ring (bicyclic) bond motifs is 1. The van der Waals surface area contributed by atoms with Gasteiger partial charge in [0.15, 0.2) is 12.3 Å². The molecule has 1 fully saturated rings. The first-order chi connectivity index (χ1) is 12.0. The fourth-order valence-electron chi connectivity index (χ4n) is 2.85. The van der Waals surface area contributed by atoms with Gasteiger partial charge in [-0.15, -0.1) is 0 Å². The molecule has 1 saturated heterocycles. The predicted octanol–water partition coefficient (Wildman–Crippen LogP) is -2.23. The van der Waals surface area contributed by atoms with Gasteiger partial charge in [0.05, 0.1) is 12.6 Å². The Morgan fingerprint density at radius 3 is 2.72 bits per heavy atom. The number of carbonyl (C=O) groups excluding carboxylic acids is 3. The first-order valence-electron chi connectivity index (χ1n) is 7.73. The fourth-order valence-corrected chi connectivity index (χ4v) is 2.85. The van der Waals surface area contributed by atoms with Gasteiger partial charge in [0.1, 0.15) is 5.84 Å². The van der Waals surface area contributed by atoms with Crippen LogP contribution in [0.3, 0.4) is 0 Å². The minimum atomic E-state index is -0.810. The number of aliphatic imine (C=N–C) groups is 1. The Hall–Kier alpha value is -3.14. The van der Waals surface area contributed by atoms with Gasteiger partial charge in [0, 0.05) is 17.8 Å². The molecule has 0 bridgehead atoms. The van der Waals surface area contributed by atoms with Crippen molar-refractivity contribution in [2.24, 2.45) is 16.5 Å². The van der Waals surface area contributed by atoms with Gasteiger partial charge in [-0.1, -0.05) is 0 Å². The zero-order valence-electron chi connectivity index (χ0n) is 13.3. The van der Waals surface area contributed by atoms with Crippen molar-refractivity contribution >= 4 is 29.7 Å². The van der Waals surface area contributed by atoms with Crippen LogP contribution in [0.4, 0.5) is 5.69 Å². The lowest BCUT2D eigenvalue weighted by atomic mass is 10.1. The highest BCUT2D eigenvalue weighted by Crippen LogP contribution is 2.16. The lowest BCUT2D eigenvalue weighted by Crippen LogP contribution is -2.72. The van der Waals surface area contributed by atoms with E-state index in [-0.39, 0.29) is 11.9 Å². The number of primary amides is 1. The molecule has 25 heavy (non-hydrogen) atoms. The van der Waals surface area contributed by atoms with E-state index in [1.807, 2.05) is 0 Å². The monoisotopic (exact) mass is 345 g/mol. The Kier molecular flexibility index (Phi) is 4.52. The lowest BCUT2D eigenvalue weighted by molar-refractivity contribution is -0.133. The van der Waals surface area contributed by atoms with E-state index >= 15 is 0 Å². The molecule has 1 aromatic carbocycles. The van der Waals surface area contributed by atoms with E-state index in [0.717, 1.165) is 5.69 Å². The number of anilines is 1. The van der Waals surface area contributed by atoms with Gasteiger partial charge in [-0.05, 0) is 24.3 Å². The number of amides is 3. The Labute approximate surface area is 143 Å². The summed E-state index contributed by atoms with van der Waals surface area (Å²) in [6, 6.07) is 5.55. The summed E-state index contributed by atoms with van der Waals surface area (Å²) in [4.78, 5) is 40.5. The van der Waals surface area contributed by atoms with Gasteiger partial charge in [0.2, 0.25) is 12.3 Å². The van der Waals surface area contributed by atoms with Crippen LogP contribution < -0.4 is 27.4 Å². The summed E-state index contributed by atoms with van der Waals surface area (Å²) in [6.07, 6.45) is -0.0746. The summed E-state index contributed by atoms with van der Waals surface area (Å²) in [7, 11) is 0. The molecule has 1 aromatic rings. The van der Waals surface area contributed by atoms with Crippen molar-refractivity contribution in [1.29, 1.82) is 0 Å². The zero-order chi connectivity index (χ0) is 18.0. The van der Waals surface area contributed by atoms with Crippen LogP contribution >= 0.6 is 0 Å². The van der Waals surface area contributed by atoms with Crippen molar-refractivity contribution in [3.8, 4) is 0 Å². The SMILES string of the molecule is NC(=O)c1ccc(NC[C@H]2CN=C3NC(N)NC(=O)C3N2C=O)cc1. The minimum absolute atomic E-state index is 0.302. The van der Waals surface area contributed by atoms with Crippen LogP contribution in [0.1, 0.15) is 10.4 Å². The molecular weight excluding hydrogens is 326 g/mol. The van der Waals surface area contributed by atoms with Crippen molar-refractivity contribution in [2.75, 3.05) is 18.4 Å². The van der Waals surface area contributed by atoms with Gasteiger partial charge in [-0.3, -0.25) is 25.1 Å². The maximum atomic E-state index is 12.2. The molecule has 0 saturated carbocycles. The van der Waals surface area contributed by atoms with Crippen LogP contribution in [-0.4, -0.2) is 60.4 Å². The maximum Gasteiger partial charge on any atom is 0.253 e. The van der Waals surface area contributed by atoms with Crippen LogP contribution in [0, 0.1) is 0 Å². The summed E-state index contributed by atoms with van der Waals surface area (Å²) in [5.41, 5.74) is 12.0. The highest BCUT2D eigenvalue weighted by Gasteiger charge is 2.41. The Morgan fingerprint density at radius 1 is 1.36 bits per heavy atom. The van der Waals surface area contributed by atoms with E-state index in [0.29, 0.717) is 30.9 Å². The largest absolute Gasteiger partial charge is 0.383 e. The molecule has 132 valence electrons. The first-order valence-corrected chi connectivity index (χ1v) is 7.73. The molecule has 0 aliphatic carbocycles. The maximum absolute atomic E-state index is 12.2. The molecule has 3 atom stereocenters. The Morgan fingerprint density at radius 2 is 2.08 bits per heavy atom. The normalized spacial score (nSPS) is 25.2. The summed E-state index contributed by atoms with van der Waals surface area (Å²) in [5.74, 6) is -0.472. The number of nitrogens with zero attached hydrogens (tertiary/aromatic N) is 2. The average molecular weight is 345 g/mol. The summed E-state index contributed by atoms with van der Waals surface area (Å²) < 4.78 is 0. The second kappa shape index (κ2) is 6.77. The summed E-state index contributed by atoms with van der Waals surface area (Å²) in [5, 5.41) is 8.56. The van der Waals surface area contributed by atoms with Crippen molar-refractivity contribution in [2.45, 2.75) is 18.4 Å². The van der Waals surface area contributed by atoms with Crippen molar-refractivity contribution in [1.82, 2.24) is 15.5 Å². The molecule has 7 N–H and O–H groups in total. The molecule has 2 aliphatic rings. The van der Waals surface area contributed by atoms with Crippen LogP contribution in [0.15, 0.2) is 29.3 Å². The number of carbonyl (C=O) groups is 3. The summed E-state index contributed by atoms with van der Waals surface area (Å²) >= 11 is 0. The number of rotatable bonds is 5. The number of amidine groups is 1. The number of benzene rings is 1. The van der Waals surface area contributed by atoms with Gasteiger partial charge in [-0.25, -0.2) is 0 Å². The second-order valence-corrected chi connectivity index (χ2v) is 5.79. The van der Waals surface area contributed by atoms with Gasteiger partial charge in [0.25, 0.3) is 5.91 Å². The molecule has 10 nitrogen and oxygen atoms in total. The van der Waals surface area contributed by atoms with E-state index in [1.165, 1.54) is 4.90 Å². The van der Waals surface area contributed by atoms with Crippen LogP contribution in [0.5, 0.6) is 0 Å². The van der Waals surface area contributed by atoms with Crippen LogP contribution in [0.2, 0.25) is 0 Å². The van der Waals surface area contributed by atoms with E-state index in [9.17, 15) is 14.4 Å². The van der Waals surface area contributed by atoms with Crippen LogP contribution in [0.25, 0.3) is 0 Å². The Bertz CT molecular complexity index is 718. The molecule has 10 heteroatoms.